The molecule has 0 aliphatic carbocycles. The molecule has 3 nitrogen and oxygen atoms in total. The van der Waals surface area contributed by atoms with E-state index >= 15 is 0 Å². The van der Waals surface area contributed by atoms with Gasteiger partial charge in [0, 0.05) is 23.4 Å². The first-order chi connectivity index (χ1) is 9.27. The van der Waals surface area contributed by atoms with Crippen LogP contribution in [0, 0.1) is 0 Å². The molecule has 0 amide bonds. The highest BCUT2D eigenvalue weighted by Crippen LogP contribution is 2.37. The van der Waals surface area contributed by atoms with Crippen molar-refractivity contribution in [3.05, 3.63) is 23.8 Å². The third-order valence-electron chi connectivity index (χ3n) is 3.76. The summed E-state index contributed by atoms with van der Waals surface area (Å²) in [4.78, 5) is 0. The van der Waals surface area contributed by atoms with Gasteiger partial charge in [-0.05, 0) is 31.6 Å². The van der Waals surface area contributed by atoms with Crippen LogP contribution in [-0.4, -0.2) is 30.3 Å². The van der Waals surface area contributed by atoms with Gasteiger partial charge < -0.3 is 14.8 Å². The second kappa shape index (κ2) is 5.63. The average Bonchev–Trinajstić information content (AvgIpc) is 2.86. The predicted molar refractivity (Wildman–Crippen MR) is 79.2 cm³/mol. The Balaban J connectivity index is 1.61. The summed E-state index contributed by atoms with van der Waals surface area (Å²) in [7, 11) is 0. The third kappa shape index (κ3) is 3.00. The molecule has 1 N–H and O–H groups in total. The van der Waals surface area contributed by atoms with E-state index < -0.39 is 0 Å². The van der Waals surface area contributed by atoms with Crippen LogP contribution >= 0.6 is 11.8 Å². The van der Waals surface area contributed by atoms with E-state index in [1.165, 1.54) is 24.2 Å². The minimum absolute atomic E-state index is 0.409. The fraction of sp³-hybridized carbons (Fsp3) is 0.600. The number of benzene rings is 1. The zero-order valence-electron chi connectivity index (χ0n) is 11.4. The van der Waals surface area contributed by atoms with E-state index in [0.717, 1.165) is 24.6 Å². The molecule has 2 aliphatic rings. The Kier molecular flexibility index (Phi) is 3.89. The van der Waals surface area contributed by atoms with Crippen molar-refractivity contribution in [3.8, 4) is 11.5 Å². The van der Waals surface area contributed by atoms with Crippen LogP contribution in [-0.2, 0) is 6.54 Å². The number of ether oxygens (including phenoxy) is 2. The molecular formula is C15H21NO2S. The molecule has 0 saturated carbocycles. The maximum absolute atomic E-state index is 5.73. The summed E-state index contributed by atoms with van der Waals surface area (Å²) in [5.74, 6) is 3.10. The largest absolute Gasteiger partial charge is 0.486 e. The lowest BCUT2D eigenvalue weighted by Gasteiger charge is -2.24. The van der Waals surface area contributed by atoms with Crippen LogP contribution in [0.25, 0.3) is 0 Å². The molecule has 0 spiro atoms. The van der Waals surface area contributed by atoms with Crippen LogP contribution in [0.3, 0.4) is 0 Å². The van der Waals surface area contributed by atoms with Crippen molar-refractivity contribution in [2.75, 3.05) is 25.5 Å². The van der Waals surface area contributed by atoms with E-state index in [-0.39, 0.29) is 0 Å². The molecule has 4 heteroatoms. The number of thioether (sulfide) groups is 1. The van der Waals surface area contributed by atoms with Crippen molar-refractivity contribution in [1.29, 1.82) is 0 Å². The third-order valence-corrected chi connectivity index (χ3v) is 5.30. The summed E-state index contributed by atoms with van der Waals surface area (Å²) in [6, 6.07) is 6.13. The van der Waals surface area contributed by atoms with Crippen molar-refractivity contribution in [3.63, 3.8) is 0 Å². The van der Waals surface area contributed by atoms with Gasteiger partial charge in [-0.15, -0.1) is 0 Å². The summed E-state index contributed by atoms with van der Waals surface area (Å²) in [6.45, 7) is 5.57. The summed E-state index contributed by atoms with van der Waals surface area (Å²) in [5, 5.41) is 3.58. The minimum atomic E-state index is 0.409. The summed E-state index contributed by atoms with van der Waals surface area (Å²) in [5.41, 5.74) is 1.20. The van der Waals surface area contributed by atoms with Crippen LogP contribution in [0.4, 0.5) is 0 Å². The molecule has 1 aromatic rings. The zero-order chi connectivity index (χ0) is 13.1. The number of hydrogen-bond acceptors (Lipinski definition) is 4. The van der Waals surface area contributed by atoms with Crippen molar-refractivity contribution in [2.24, 2.45) is 0 Å². The van der Waals surface area contributed by atoms with Gasteiger partial charge in [0.25, 0.3) is 0 Å². The molecule has 1 unspecified atom stereocenters. The normalized spacial score (nSPS) is 25.5. The molecular weight excluding hydrogens is 258 g/mol. The van der Waals surface area contributed by atoms with E-state index in [1.54, 1.807) is 0 Å². The van der Waals surface area contributed by atoms with Crippen LogP contribution < -0.4 is 14.8 Å². The zero-order valence-corrected chi connectivity index (χ0v) is 12.2. The highest BCUT2D eigenvalue weighted by Gasteiger charge is 2.28. The Hall–Kier alpha value is -0.870. The van der Waals surface area contributed by atoms with Crippen LogP contribution in [0.5, 0.6) is 11.5 Å². The summed E-state index contributed by atoms with van der Waals surface area (Å²) < 4.78 is 11.7. The van der Waals surface area contributed by atoms with Gasteiger partial charge >= 0.3 is 0 Å². The quantitative estimate of drug-likeness (QED) is 0.918. The first-order valence-corrected chi connectivity index (χ1v) is 7.98. The van der Waals surface area contributed by atoms with E-state index in [4.69, 9.17) is 9.47 Å². The molecule has 0 aromatic heterocycles. The number of nitrogens with one attached hydrogen (secondary N) is 1. The van der Waals surface area contributed by atoms with Gasteiger partial charge in [0.05, 0.1) is 0 Å². The lowest BCUT2D eigenvalue weighted by atomic mass is 10.1. The van der Waals surface area contributed by atoms with Crippen LogP contribution in [0.1, 0.15) is 25.3 Å². The Labute approximate surface area is 119 Å². The van der Waals surface area contributed by atoms with E-state index in [0.29, 0.717) is 18.0 Å². The smallest absolute Gasteiger partial charge is 0.165 e. The Morgan fingerprint density at radius 1 is 1.32 bits per heavy atom. The molecule has 1 atom stereocenters. The topological polar surface area (TPSA) is 30.5 Å². The highest BCUT2D eigenvalue weighted by molar-refractivity contribution is 8.00. The van der Waals surface area contributed by atoms with Gasteiger partial charge in [-0.25, -0.2) is 0 Å². The van der Waals surface area contributed by atoms with E-state index in [2.05, 4.69) is 30.1 Å². The van der Waals surface area contributed by atoms with Gasteiger partial charge in [-0.1, -0.05) is 12.1 Å². The lowest BCUT2D eigenvalue weighted by molar-refractivity contribution is 0.169. The first-order valence-electron chi connectivity index (χ1n) is 6.99. The monoisotopic (exact) mass is 279 g/mol. The second-order valence-electron chi connectivity index (χ2n) is 5.45. The number of fused-ring (bicyclic) bond motifs is 1. The Morgan fingerprint density at radius 2 is 2.21 bits per heavy atom. The SMILES string of the molecule is CC1(CNCc2cccc3c2OCCO3)CCCS1. The molecule has 2 aliphatic heterocycles. The fourth-order valence-electron chi connectivity index (χ4n) is 2.71. The molecule has 3 rings (SSSR count). The van der Waals surface area contributed by atoms with Crippen molar-refractivity contribution < 1.29 is 9.47 Å². The molecule has 0 radical (unpaired) electrons. The molecule has 1 saturated heterocycles. The van der Waals surface area contributed by atoms with Crippen molar-refractivity contribution in [2.45, 2.75) is 31.1 Å². The van der Waals surface area contributed by atoms with Gasteiger partial charge in [-0.3, -0.25) is 0 Å². The predicted octanol–water partition coefficient (Wildman–Crippen LogP) is 2.83. The number of para-hydroxylation sites is 1. The van der Waals surface area contributed by atoms with Crippen LogP contribution in [0.2, 0.25) is 0 Å². The summed E-state index contributed by atoms with van der Waals surface area (Å²) >= 11 is 2.09. The molecule has 104 valence electrons. The average molecular weight is 279 g/mol. The fourth-order valence-corrected chi connectivity index (χ4v) is 3.99. The Bertz CT molecular complexity index is 444. The maximum Gasteiger partial charge on any atom is 0.165 e. The minimum Gasteiger partial charge on any atom is -0.486 e. The van der Waals surface area contributed by atoms with Gasteiger partial charge in [0.2, 0.25) is 0 Å². The van der Waals surface area contributed by atoms with Gasteiger partial charge in [0.15, 0.2) is 11.5 Å². The van der Waals surface area contributed by atoms with Gasteiger partial charge in [-0.2, -0.15) is 11.8 Å². The van der Waals surface area contributed by atoms with E-state index in [9.17, 15) is 0 Å². The first kappa shape index (κ1) is 13.1. The highest BCUT2D eigenvalue weighted by atomic mass is 32.2. The Morgan fingerprint density at radius 3 is 3.05 bits per heavy atom. The molecule has 1 fully saturated rings. The molecule has 0 bridgehead atoms. The van der Waals surface area contributed by atoms with Gasteiger partial charge in [0.1, 0.15) is 13.2 Å². The summed E-state index contributed by atoms with van der Waals surface area (Å²) in [6.07, 6.45) is 2.66. The van der Waals surface area contributed by atoms with Crippen LogP contribution in [0.15, 0.2) is 18.2 Å². The molecule has 2 heterocycles. The second-order valence-corrected chi connectivity index (χ2v) is 7.13. The van der Waals surface area contributed by atoms with Crippen molar-refractivity contribution >= 4 is 11.8 Å². The molecule has 19 heavy (non-hydrogen) atoms. The lowest BCUT2D eigenvalue weighted by Crippen LogP contribution is -2.32. The maximum atomic E-state index is 5.73. The molecule has 1 aromatic carbocycles. The van der Waals surface area contributed by atoms with Crippen molar-refractivity contribution in [1.82, 2.24) is 5.32 Å². The number of rotatable bonds is 4. The standard InChI is InChI=1S/C15H21NO2S/c1-15(6-3-9-19-15)11-16-10-12-4-2-5-13-14(12)18-8-7-17-13/h2,4-5,16H,3,6-11H2,1H3. The van der Waals surface area contributed by atoms with E-state index in [1.807, 2.05) is 12.1 Å². The number of hydrogen-bond donors (Lipinski definition) is 1.